The number of amides is 1. The van der Waals surface area contributed by atoms with Gasteiger partial charge in [-0.3, -0.25) is 0 Å². The zero-order valence-electron chi connectivity index (χ0n) is 11.1. The first kappa shape index (κ1) is 13.8. The quantitative estimate of drug-likeness (QED) is 0.768. The molecular weight excluding hydrogens is 222 g/mol. The highest BCUT2D eigenvalue weighted by atomic mass is 16.6. The lowest BCUT2D eigenvalue weighted by molar-refractivity contribution is -0.177. The molecule has 1 saturated heterocycles. The van der Waals surface area contributed by atoms with Gasteiger partial charge in [-0.05, 0) is 33.1 Å². The molecule has 0 radical (unpaired) electrons. The lowest BCUT2D eigenvalue weighted by Crippen LogP contribution is -2.66. The van der Waals surface area contributed by atoms with Gasteiger partial charge in [0.1, 0.15) is 12.2 Å². The van der Waals surface area contributed by atoms with E-state index in [1.807, 2.05) is 13.8 Å². The molecule has 5 heteroatoms. The predicted octanol–water partition coefficient (Wildman–Crippen LogP) is 1.85. The molecule has 0 aromatic rings. The second-order valence-electron chi connectivity index (χ2n) is 5.88. The van der Waals surface area contributed by atoms with Crippen molar-refractivity contribution in [3.63, 3.8) is 0 Å². The standard InChI is InChI=1S/C12H21NO4/c1-8(2)6-12(7-16-9(12)14)13-10(15)17-11(3,4)5/h8H,6-7H2,1-5H3,(H,13,15). The molecule has 0 saturated carbocycles. The van der Waals surface area contributed by atoms with Crippen LogP contribution in [0.3, 0.4) is 0 Å². The number of carbonyl (C=O) groups is 2. The third kappa shape index (κ3) is 3.61. The molecule has 0 aromatic heterocycles. The second-order valence-corrected chi connectivity index (χ2v) is 5.88. The average molecular weight is 243 g/mol. The number of rotatable bonds is 3. The average Bonchev–Trinajstić information content (AvgIpc) is 2.10. The van der Waals surface area contributed by atoms with E-state index in [-0.39, 0.29) is 18.5 Å². The lowest BCUT2D eigenvalue weighted by Gasteiger charge is -2.40. The second kappa shape index (κ2) is 4.55. The molecule has 0 aromatic carbocycles. The van der Waals surface area contributed by atoms with Crippen LogP contribution in [0.1, 0.15) is 41.0 Å². The fourth-order valence-electron chi connectivity index (χ4n) is 1.78. The Morgan fingerprint density at radius 3 is 2.41 bits per heavy atom. The zero-order valence-corrected chi connectivity index (χ0v) is 11.1. The summed E-state index contributed by atoms with van der Waals surface area (Å²) in [5, 5.41) is 2.63. The Morgan fingerprint density at radius 1 is 1.53 bits per heavy atom. The maximum Gasteiger partial charge on any atom is 0.408 e. The highest BCUT2D eigenvalue weighted by Crippen LogP contribution is 2.27. The summed E-state index contributed by atoms with van der Waals surface area (Å²) >= 11 is 0. The Balaban J connectivity index is 2.62. The molecule has 1 aliphatic heterocycles. The Bertz CT molecular complexity index is 319. The number of ether oxygens (including phenoxy) is 2. The molecule has 1 N–H and O–H groups in total. The van der Waals surface area contributed by atoms with Crippen LogP contribution >= 0.6 is 0 Å². The largest absolute Gasteiger partial charge is 0.461 e. The van der Waals surface area contributed by atoms with Crippen molar-refractivity contribution < 1.29 is 19.1 Å². The van der Waals surface area contributed by atoms with Crippen LogP contribution in [-0.4, -0.2) is 29.8 Å². The first-order valence-corrected chi connectivity index (χ1v) is 5.83. The Kier molecular flexibility index (Phi) is 3.69. The molecular formula is C12H21NO4. The molecule has 1 atom stereocenters. The van der Waals surface area contributed by atoms with Gasteiger partial charge in [-0.2, -0.15) is 0 Å². The molecule has 1 unspecified atom stereocenters. The molecule has 98 valence electrons. The highest BCUT2D eigenvalue weighted by molar-refractivity contribution is 5.90. The van der Waals surface area contributed by atoms with Crippen LogP contribution in [0.25, 0.3) is 0 Å². The fraction of sp³-hybridized carbons (Fsp3) is 0.833. The number of cyclic esters (lactones) is 1. The van der Waals surface area contributed by atoms with Crippen molar-refractivity contribution >= 4 is 12.1 Å². The van der Waals surface area contributed by atoms with Gasteiger partial charge in [-0.1, -0.05) is 13.8 Å². The normalized spacial score (nSPS) is 24.0. The van der Waals surface area contributed by atoms with Gasteiger partial charge in [-0.15, -0.1) is 0 Å². The summed E-state index contributed by atoms with van der Waals surface area (Å²) in [6.45, 7) is 9.54. The topological polar surface area (TPSA) is 64.6 Å². The van der Waals surface area contributed by atoms with Crippen LogP contribution in [0, 0.1) is 5.92 Å². The van der Waals surface area contributed by atoms with Crippen molar-refractivity contribution in [1.82, 2.24) is 5.32 Å². The number of carbonyl (C=O) groups excluding carboxylic acids is 2. The third-order valence-corrected chi connectivity index (χ3v) is 2.34. The Morgan fingerprint density at radius 2 is 2.12 bits per heavy atom. The molecule has 1 fully saturated rings. The van der Waals surface area contributed by atoms with E-state index in [4.69, 9.17) is 9.47 Å². The van der Waals surface area contributed by atoms with E-state index in [1.54, 1.807) is 20.8 Å². The van der Waals surface area contributed by atoms with Gasteiger partial charge >= 0.3 is 12.1 Å². The van der Waals surface area contributed by atoms with Gasteiger partial charge in [0.15, 0.2) is 5.54 Å². The van der Waals surface area contributed by atoms with E-state index < -0.39 is 17.2 Å². The summed E-state index contributed by atoms with van der Waals surface area (Å²) in [4.78, 5) is 23.1. The maximum atomic E-state index is 11.7. The van der Waals surface area contributed by atoms with E-state index in [2.05, 4.69) is 5.32 Å². The van der Waals surface area contributed by atoms with Gasteiger partial charge in [0, 0.05) is 0 Å². The van der Waals surface area contributed by atoms with Gasteiger partial charge in [0.2, 0.25) is 0 Å². The van der Waals surface area contributed by atoms with Crippen molar-refractivity contribution in [1.29, 1.82) is 0 Å². The number of nitrogens with one attached hydrogen (secondary N) is 1. The van der Waals surface area contributed by atoms with E-state index >= 15 is 0 Å². The summed E-state index contributed by atoms with van der Waals surface area (Å²) in [6.07, 6.45) is -0.0137. The molecule has 17 heavy (non-hydrogen) atoms. The van der Waals surface area contributed by atoms with Crippen LogP contribution in [0.5, 0.6) is 0 Å². The summed E-state index contributed by atoms with van der Waals surface area (Å²) in [5.41, 5.74) is -1.47. The molecule has 1 amide bonds. The molecule has 1 aliphatic rings. The van der Waals surface area contributed by atoms with Gasteiger partial charge in [-0.25, -0.2) is 9.59 Å². The molecule has 0 bridgehead atoms. The van der Waals surface area contributed by atoms with Crippen LogP contribution in [0.15, 0.2) is 0 Å². The van der Waals surface area contributed by atoms with Gasteiger partial charge in [0.25, 0.3) is 0 Å². The van der Waals surface area contributed by atoms with Crippen LogP contribution in [-0.2, 0) is 14.3 Å². The third-order valence-electron chi connectivity index (χ3n) is 2.34. The van der Waals surface area contributed by atoms with Crippen LogP contribution in [0.4, 0.5) is 4.79 Å². The van der Waals surface area contributed by atoms with Crippen LogP contribution < -0.4 is 5.32 Å². The molecule has 1 heterocycles. The van der Waals surface area contributed by atoms with E-state index in [9.17, 15) is 9.59 Å². The minimum atomic E-state index is -0.892. The Hall–Kier alpha value is -1.26. The summed E-state index contributed by atoms with van der Waals surface area (Å²) in [6, 6.07) is 0. The Labute approximate surface area is 102 Å². The van der Waals surface area contributed by atoms with Crippen LogP contribution in [0.2, 0.25) is 0 Å². The summed E-state index contributed by atoms with van der Waals surface area (Å²) in [5.74, 6) is -0.0881. The number of alkyl carbamates (subject to hydrolysis) is 1. The first-order valence-electron chi connectivity index (χ1n) is 5.83. The molecule has 5 nitrogen and oxygen atoms in total. The monoisotopic (exact) mass is 243 g/mol. The van der Waals surface area contributed by atoms with Gasteiger partial charge < -0.3 is 14.8 Å². The van der Waals surface area contributed by atoms with Crippen molar-refractivity contribution in [3.8, 4) is 0 Å². The van der Waals surface area contributed by atoms with E-state index in [0.29, 0.717) is 6.42 Å². The lowest BCUT2D eigenvalue weighted by atomic mass is 9.86. The molecule has 0 spiro atoms. The van der Waals surface area contributed by atoms with Crippen molar-refractivity contribution in [3.05, 3.63) is 0 Å². The van der Waals surface area contributed by atoms with E-state index in [1.165, 1.54) is 0 Å². The number of hydrogen-bond acceptors (Lipinski definition) is 4. The minimum Gasteiger partial charge on any atom is -0.461 e. The van der Waals surface area contributed by atoms with E-state index in [0.717, 1.165) is 0 Å². The van der Waals surface area contributed by atoms with Gasteiger partial charge in [0.05, 0.1) is 0 Å². The predicted molar refractivity (Wildman–Crippen MR) is 62.5 cm³/mol. The minimum absolute atomic E-state index is 0.225. The van der Waals surface area contributed by atoms with Crippen molar-refractivity contribution in [2.45, 2.75) is 52.2 Å². The maximum absolute atomic E-state index is 11.7. The first-order chi connectivity index (χ1) is 7.65. The number of esters is 1. The molecule has 0 aliphatic carbocycles. The highest BCUT2D eigenvalue weighted by Gasteiger charge is 2.51. The van der Waals surface area contributed by atoms with Crippen molar-refractivity contribution in [2.24, 2.45) is 5.92 Å². The smallest absolute Gasteiger partial charge is 0.408 e. The fourth-order valence-corrected chi connectivity index (χ4v) is 1.78. The SMILES string of the molecule is CC(C)CC1(NC(=O)OC(C)(C)C)COC1=O. The summed E-state index contributed by atoms with van der Waals surface area (Å²) < 4.78 is 9.91. The zero-order chi connectivity index (χ0) is 13.3. The van der Waals surface area contributed by atoms with Crippen molar-refractivity contribution in [2.75, 3.05) is 6.61 Å². The molecule has 1 rings (SSSR count). The summed E-state index contributed by atoms with van der Waals surface area (Å²) in [7, 11) is 0. The number of hydrogen-bond donors (Lipinski definition) is 1.